The second-order valence-corrected chi connectivity index (χ2v) is 11.6. The van der Waals surface area contributed by atoms with Gasteiger partial charge < -0.3 is 4.74 Å². The fourth-order valence-corrected chi connectivity index (χ4v) is 5.11. The smallest absolute Gasteiger partial charge is 0.324 e. The Hall–Kier alpha value is -1.54. The zero-order valence-electron chi connectivity index (χ0n) is 20.2. The van der Waals surface area contributed by atoms with Crippen LogP contribution in [-0.4, -0.2) is 23.5 Å². The summed E-state index contributed by atoms with van der Waals surface area (Å²) in [6, 6.07) is 3.94. The van der Waals surface area contributed by atoms with Crippen LogP contribution in [0.3, 0.4) is 0 Å². The van der Waals surface area contributed by atoms with Gasteiger partial charge in [0.05, 0.1) is 6.61 Å². The van der Waals surface area contributed by atoms with E-state index in [9.17, 15) is 14.2 Å². The van der Waals surface area contributed by atoms with Gasteiger partial charge in [0.25, 0.3) is 0 Å². The normalized spacial score (nSPS) is 15.1. The van der Waals surface area contributed by atoms with E-state index in [4.69, 9.17) is 4.74 Å². The zero-order chi connectivity index (χ0) is 23.3. The van der Waals surface area contributed by atoms with Gasteiger partial charge in [0.1, 0.15) is 0 Å². The maximum absolute atomic E-state index is 13.3. The molecule has 0 aromatic heterocycles. The fraction of sp³-hybridized carbons (Fsp3) is 0.680. The second-order valence-electron chi connectivity index (χ2n) is 10.6. The van der Waals surface area contributed by atoms with E-state index in [1.807, 2.05) is 53.7 Å². The number of hydrogen-bond acceptors (Lipinski definition) is 4. The largest absolute Gasteiger partial charge is 0.464 e. The Morgan fingerprint density at radius 3 is 1.97 bits per heavy atom. The van der Waals surface area contributed by atoms with Crippen LogP contribution >= 0.6 is 8.46 Å². The van der Waals surface area contributed by atoms with E-state index in [1.54, 1.807) is 0 Å². The van der Waals surface area contributed by atoms with Crippen molar-refractivity contribution in [2.45, 2.75) is 86.7 Å². The molecule has 0 aliphatic heterocycles. The SMILES string of the molecule is Cc1cc(C)c(C(=O)CC(CC(C)CC(C)(C)C)(P=O)C(=O)OCC(C)C)c(C)c1. The number of hydrogen-bond donors (Lipinski definition) is 0. The summed E-state index contributed by atoms with van der Waals surface area (Å²) in [5.41, 5.74) is 3.54. The minimum atomic E-state index is -1.36. The summed E-state index contributed by atoms with van der Waals surface area (Å²) in [6.07, 6.45) is 1.09. The molecular formula is C25H39O4P. The Morgan fingerprint density at radius 2 is 1.53 bits per heavy atom. The summed E-state index contributed by atoms with van der Waals surface area (Å²) >= 11 is 0. The van der Waals surface area contributed by atoms with E-state index >= 15 is 0 Å². The predicted octanol–water partition coefficient (Wildman–Crippen LogP) is 6.88. The molecule has 168 valence electrons. The van der Waals surface area contributed by atoms with E-state index in [2.05, 4.69) is 20.8 Å². The number of ketones is 1. The summed E-state index contributed by atoms with van der Waals surface area (Å²) in [5.74, 6) is -0.410. The number of carbonyl (C=O) groups is 2. The van der Waals surface area contributed by atoms with Crippen LogP contribution in [-0.2, 0) is 14.1 Å². The molecule has 0 N–H and O–H groups in total. The van der Waals surface area contributed by atoms with Crippen LogP contribution in [0.1, 0.15) is 87.9 Å². The molecule has 4 nitrogen and oxygen atoms in total. The summed E-state index contributed by atoms with van der Waals surface area (Å²) in [5, 5.41) is -1.36. The second kappa shape index (κ2) is 10.7. The van der Waals surface area contributed by atoms with Crippen molar-refractivity contribution >= 4 is 20.2 Å². The first-order valence-electron chi connectivity index (χ1n) is 10.8. The number of rotatable bonds is 10. The highest BCUT2D eigenvalue weighted by Gasteiger charge is 2.45. The van der Waals surface area contributed by atoms with Gasteiger partial charge in [-0.15, -0.1) is 0 Å². The van der Waals surface area contributed by atoms with Crippen LogP contribution in [0.25, 0.3) is 0 Å². The molecule has 1 aromatic carbocycles. The van der Waals surface area contributed by atoms with Gasteiger partial charge in [0.15, 0.2) is 19.4 Å². The Balaban J connectivity index is 3.29. The van der Waals surface area contributed by atoms with Crippen molar-refractivity contribution in [1.82, 2.24) is 0 Å². The molecule has 30 heavy (non-hydrogen) atoms. The molecule has 0 radical (unpaired) electrons. The standard InChI is InChI=1S/C25H39O4P/c1-16(2)15-29-23(27)25(30-28,13-18(4)12-24(7,8)9)14-21(26)22-19(5)10-17(3)11-20(22)6/h10-11,16,18H,12-15H2,1-9H3. The van der Waals surface area contributed by atoms with Crippen molar-refractivity contribution in [3.63, 3.8) is 0 Å². The molecule has 1 rings (SSSR count). The van der Waals surface area contributed by atoms with Gasteiger partial charge >= 0.3 is 5.97 Å². The lowest BCUT2D eigenvalue weighted by atomic mass is 9.79. The maximum atomic E-state index is 13.3. The molecule has 2 atom stereocenters. The number of aryl methyl sites for hydroxylation is 3. The van der Waals surface area contributed by atoms with Crippen LogP contribution in [0.2, 0.25) is 0 Å². The average molecular weight is 435 g/mol. The lowest BCUT2D eigenvalue weighted by Gasteiger charge is -2.31. The van der Waals surface area contributed by atoms with E-state index in [0.717, 1.165) is 23.1 Å². The minimum absolute atomic E-state index is 0.0703. The molecule has 0 saturated carbocycles. The Morgan fingerprint density at radius 1 is 1.00 bits per heavy atom. The molecule has 0 aliphatic rings. The average Bonchev–Trinajstić information content (AvgIpc) is 2.56. The molecule has 0 bridgehead atoms. The van der Waals surface area contributed by atoms with Crippen molar-refractivity contribution in [2.75, 3.05) is 6.61 Å². The lowest BCUT2D eigenvalue weighted by molar-refractivity contribution is -0.148. The van der Waals surface area contributed by atoms with Gasteiger partial charge in [-0.05, 0) is 62.0 Å². The molecule has 2 unspecified atom stereocenters. The van der Waals surface area contributed by atoms with E-state index in [0.29, 0.717) is 12.0 Å². The highest BCUT2D eigenvalue weighted by molar-refractivity contribution is 7.28. The van der Waals surface area contributed by atoms with Crippen LogP contribution < -0.4 is 0 Å². The Kier molecular flexibility index (Phi) is 9.42. The summed E-state index contributed by atoms with van der Waals surface area (Å²) in [4.78, 5) is 26.4. The van der Waals surface area contributed by atoms with Gasteiger partial charge in [0.2, 0.25) is 0 Å². The van der Waals surface area contributed by atoms with Crippen LogP contribution in [0.5, 0.6) is 0 Å². The van der Waals surface area contributed by atoms with Crippen molar-refractivity contribution in [1.29, 1.82) is 0 Å². The molecule has 0 amide bonds. The number of esters is 1. The first kappa shape index (κ1) is 26.5. The Bertz CT molecular complexity index is 753. The third kappa shape index (κ3) is 7.61. The quantitative estimate of drug-likeness (QED) is 0.229. The van der Waals surface area contributed by atoms with E-state index < -0.39 is 11.1 Å². The van der Waals surface area contributed by atoms with E-state index in [-0.39, 0.29) is 44.5 Å². The summed E-state index contributed by atoms with van der Waals surface area (Å²) < 4.78 is 18.0. The maximum Gasteiger partial charge on any atom is 0.324 e. The summed E-state index contributed by atoms with van der Waals surface area (Å²) in [7, 11) is -0.355. The Labute approximate surface area is 184 Å². The first-order chi connectivity index (χ1) is 13.7. The first-order valence-corrected chi connectivity index (χ1v) is 11.6. The van der Waals surface area contributed by atoms with Gasteiger partial charge in [-0.3, -0.25) is 14.2 Å². The van der Waals surface area contributed by atoms with Crippen molar-refractivity contribution < 1.29 is 18.9 Å². The third-order valence-electron chi connectivity index (χ3n) is 5.16. The van der Waals surface area contributed by atoms with E-state index in [1.165, 1.54) is 0 Å². The zero-order valence-corrected chi connectivity index (χ0v) is 21.1. The predicted molar refractivity (Wildman–Crippen MR) is 124 cm³/mol. The third-order valence-corrected chi connectivity index (χ3v) is 6.03. The lowest BCUT2D eigenvalue weighted by Crippen LogP contribution is -2.40. The fourth-order valence-electron chi connectivity index (χ4n) is 4.38. The van der Waals surface area contributed by atoms with Gasteiger partial charge in [-0.2, -0.15) is 0 Å². The monoisotopic (exact) mass is 434 g/mol. The molecule has 0 saturated heterocycles. The van der Waals surface area contributed by atoms with Crippen molar-refractivity contribution in [3.8, 4) is 0 Å². The topological polar surface area (TPSA) is 60.4 Å². The number of Topliss-reactive ketones (excluding diaryl/α,β-unsaturated/α-hetero) is 1. The number of carbonyl (C=O) groups excluding carboxylic acids is 2. The minimum Gasteiger partial charge on any atom is -0.464 e. The van der Waals surface area contributed by atoms with Crippen molar-refractivity contribution in [2.24, 2.45) is 17.3 Å². The molecule has 0 spiro atoms. The highest BCUT2D eigenvalue weighted by atomic mass is 31.1. The molecular weight excluding hydrogens is 395 g/mol. The summed E-state index contributed by atoms with van der Waals surface area (Å²) in [6.45, 7) is 18.4. The van der Waals surface area contributed by atoms with Crippen LogP contribution in [0, 0.1) is 38.0 Å². The van der Waals surface area contributed by atoms with Gasteiger partial charge in [0, 0.05) is 12.0 Å². The molecule has 1 aromatic rings. The molecule has 0 heterocycles. The molecule has 5 heteroatoms. The number of ether oxygens (including phenoxy) is 1. The van der Waals surface area contributed by atoms with Crippen LogP contribution in [0.4, 0.5) is 0 Å². The van der Waals surface area contributed by atoms with Gasteiger partial charge in [-0.25, -0.2) is 0 Å². The van der Waals surface area contributed by atoms with Crippen molar-refractivity contribution in [3.05, 3.63) is 34.4 Å². The number of benzene rings is 1. The molecule has 0 fully saturated rings. The van der Waals surface area contributed by atoms with Crippen LogP contribution in [0.15, 0.2) is 12.1 Å². The highest BCUT2D eigenvalue weighted by Crippen LogP contribution is 2.40. The molecule has 0 aliphatic carbocycles. The van der Waals surface area contributed by atoms with Gasteiger partial charge in [-0.1, -0.05) is 59.2 Å².